The summed E-state index contributed by atoms with van der Waals surface area (Å²) in [5.74, 6) is 2.70. The summed E-state index contributed by atoms with van der Waals surface area (Å²) in [4.78, 5) is 16.6. The van der Waals surface area contributed by atoms with Gasteiger partial charge < -0.3 is 14.7 Å². The average molecular weight is 351 g/mol. The zero-order chi connectivity index (χ0) is 17.9. The van der Waals surface area contributed by atoms with Gasteiger partial charge >= 0.3 is 0 Å². The first-order valence-electron chi connectivity index (χ1n) is 9.83. The summed E-state index contributed by atoms with van der Waals surface area (Å²) in [5.41, 5.74) is 2.65. The maximum absolute atomic E-state index is 4.89. The highest BCUT2D eigenvalue weighted by Gasteiger charge is 2.22. The molecule has 0 aliphatic carbocycles. The van der Waals surface area contributed by atoms with Crippen LogP contribution in [0.3, 0.4) is 0 Å². The molecule has 0 spiro atoms. The summed E-state index contributed by atoms with van der Waals surface area (Å²) < 4.78 is 0. The van der Waals surface area contributed by atoms with Gasteiger partial charge in [0.2, 0.25) is 5.95 Å². The number of hydrogen-bond donors (Lipinski definition) is 0. The minimum atomic E-state index is 0.730. The number of anilines is 3. The van der Waals surface area contributed by atoms with E-state index in [1.165, 1.54) is 24.1 Å². The van der Waals surface area contributed by atoms with E-state index in [4.69, 9.17) is 4.98 Å². The van der Waals surface area contributed by atoms with Gasteiger partial charge in [0.1, 0.15) is 5.82 Å². The van der Waals surface area contributed by atoms with Crippen LogP contribution < -0.4 is 14.7 Å². The minimum absolute atomic E-state index is 0.730. The van der Waals surface area contributed by atoms with Gasteiger partial charge in [-0.2, -0.15) is 4.98 Å². The molecule has 2 fully saturated rings. The van der Waals surface area contributed by atoms with E-state index < -0.39 is 0 Å². The fraction of sp³-hybridized carbons (Fsp3) is 0.524. The van der Waals surface area contributed by atoms with E-state index in [0.29, 0.717) is 0 Å². The van der Waals surface area contributed by atoms with Crippen molar-refractivity contribution < 1.29 is 0 Å². The van der Waals surface area contributed by atoms with Crippen molar-refractivity contribution in [1.82, 2.24) is 9.97 Å². The first kappa shape index (κ1) is 17.1. The molecule has 0 amide bonds. The summed E-state index contributed by atoms with van der Waals surface area (Å²) in [6.45, 7) is 10.7. The Kier molecular flexibility index (Phi) is 4.96. The Morgan fingerprint density at radius 2 is 1.77 bits per heavy atom. The lowest BCUT2D eigenvalue weighted by Crippen LogP contribution is -2.47. The van der Waals surface area contributed by atoms with Gasteiger partial charge in [-0.15, -0.1) is 0 Å². The lowest BCUT2D eigenvalue weighted by Gasteiger charge is -2.37. The third kappa shape index (κ3) is 3.76. The van der Waals surface area contributed by atoms with Gasteiger partial charge in [-0.3, -0.25) is 0 Å². The molecule has 0 bridgehead atoms. The first-order valence-corrected chi connectivity index (χ1v) is 9.83. The molecule has 2 saturated heterocycles. The summed E-state index contributed by atoms with van der Waals surface area (Å²) in [5, 5.41) is 0. The van der Waals surface area contributed by atoms with Crippen LogP contribution >= 0.6 is 0 Å². The quantitative estimate of drug-likeness (QED) is 0.847. The van der Waals surface area contributed by atoms with Crippen molar-refractivity contribution in [3.63, 3.8) is 0 Å². The molecule has 3 heterocycles. The topological polar surface area (TPSA) is 35.5 Å². The number of piperazine rings is 1. The largest absolute Gasteiger partial charge is 0.368 e. The third-order valence-corrected chi connectivity index (χ3v) is 5.54. The number of aromatic nitrogens is 2. The molecule has 2 aliphatic rings. The maximum Gasteiger partial charge on any atom is 0.227 e. The Morgan fingerprint density at radius 1 is 0.962 bits per heavy atom. The van der Waals surface area contributed by atoms with Crippen LogP contribution in [0.15, 0.2) is 36.5 Å². The van der Waals surface area contributed by atoms with Crippen LogP contribution in [-0.4, -0.2) is 49.2 Å². The average Bonchev–Trinajstić information content (AvgIpc) is 2.68. The van der Waals surface area contributed by atoms with E-state index in [1.807, 2.05) is 6.20 Å². The van der Waals surface area contributed by atoms with Crippen molar-refractivity contribution in [3.8, 4) is 0 Å². The summed E-state index contributed by atoms with van der Waals surface area (Å²) >= 11 is 0. The summed E-state index contributed by atoms with van der Waals surface area (Å²) in [7, 11) is 0. The van der Waals surface area contributed by atoms with Gasteiger partial charge in [0.25, 0.3) is 0 Å². The second-order valence-corrected chi connectivity index (χ2v) is 7.72. The van der Waals surface area contributed by atoms with E-state index in [2.05, 4.69) is 63.9 Å². The van der Waals surface area contributed by atoms with Crippen LogP contribution in [0.2, 0.25) is 0 Å². The van der Waals surface area contributed by atoms with Crippen molar-refractivity contribution in [2.24, 2.45) is 5.92 Å². The van der Waals surface area contributed by atoms with Gasteiger partial charge in [0.05, 0.1) is 0 Å². The van der Waals surface area contributed by atoms with Gasteiger partial charge in [-0.25, -0.2) is 4.98 Å². The number of nitrogens with zero attached hydrogens (tertiary/aromatic N) is 5. The van der Waals surface area contributed by atoms with Gasteiger partial charge in [-0.05, 0) is 49.4 Å². The standard InChI is InChI=1S/C21H29N5/c1-17-5-3-7-19(15-17)24-11-13-25(14-12-24)20-8-9-22-21(23-20)26-10-4-6-18(2)16-26/h3,5,7-9,15,18H,4,6,10-14,16H2,1-2H3. The van der Waals surface area contributed by atoms with E-state index >= 15 is 0 Å². The molecule has 5 nitrogen and oxygen atoms in total. The molecular formula is C21H29N5. The first-order chi connectivity index (χ1) is 12.7. The highest BCUT2D eigenvalue weighted by Crippen LogP contribution is 2.23. The fourth-order valence-corrected chi connectivity index (χ4v) is 4.06. The Bertz CT molecular complexity index is 739. The smallest absolute Gasteiger partial charge is 0.227 e. The zero-order valence-electron chi connectivity index (χ0n) is 15.9. The molecule has 1 aromatic heterocycles. The van der Waals surface area contributed by atoms with Crippen LogP contribution in [0.5, 0.6) is 0 Å². The SMILES string of the molecule is Cc1cccc(N2CCN(c3ccnc(N4CCCC(C)C4)n3)CC2)c1. The minimum Gasteiger partial charge on any atom is -0.368 e. The second kappa shape index (κ2) is 7.52. The predicted octanol–water partition coefficient (Wildman–Crippen LogP) is 3.35. The van der Waals surface area contributed by atoms with Crippen LogP contribution in [0.4, 0.5) is 17.5 Å². The fourth-order valence-electron chi connectivity index (χ4n) is 4.06. The number of piperidine rings is 1. The Labute approximate surface area is 156 Å². The van der Waals surface area contributed by atoms with Gasteiger partial charge in [0.15, 0.2) is 0 Å². The third-order valence-electron chi connectivity index (χ3n) is 5.54. The van der Waals surface area contributed by atoms with Crippen molar-refractivity contribution >= 4 is 17.5 Å². The van der Waals surface area contributed by atoms with Crippen LogP contribution in [-0.2, 0) is 0 Å². The van der Waals surface area contributed by atoms with Gasteiger partial charge in [0, 0.05) is 51.2 Å². The number of benzene rings is 1. The lowest BCUT2D eigenvalue weighted by atomic mass is 10.0. The zero-order valence-corrected chi connectivity index (χ0v) is 15.9. The van der Waals surface area contributed by atoms with Crippen LogP contribution in [0.25, 0.3) is 0 Å². The van der Waals surface area contributed by atoms with E-state index in [9.17, 15) is 0 Å². The maximum atomic E-state index is 4.89. The van der Waals surface area contributed by atoms with E-state index in [0.717, 1.165) is 57.0 Å². The molecule has 5 heteroatoms. The summed E-state index contributed by atoms with van der Waals surface area (Å²) in [6.07, 6.45) is 4.48. The molecule has 0 radical (unpaired) electrons. The second-order valence-electron chi connectivity index (χ2n) is 7.72. The molecule has 26 heavy (non-hydrogen) atoms. The molecule has 4 rings (SSSR count). The number of rotatable bonds is 3. The molecule has 0 saturated carbocycles. The molecule has 2 aliphatic heterocycles. The number of hydrogen-bond acceptors (Lipinski definition) is 5. The highest BCUT2D eigenvalue weighted by atomic mass is 15.3. The van der Waals surface area contributed by atoms with Crippen LogP contribution in [0.1, 0.15) is 25.3 Å². The lowest BCUT2D eigenvalue weighted by molar-refractivity contribution is 0.442. The van der Waals surface area contributed by atoms with E-state index in [-0.39, 0.29) is 0 Å². The van der Waals surface area contributed by atoms with E-state index in [1.54, 1.807) is 0 Å². The normalized spacial score (nSPS) is 21.2. The van der Waals surface area contributed by atoms with Crippen molar-refractivity contribution in [3.05, 3.63) is 42.1 Å². The Hall–Kier alpha value is -2.30. The van der Waals surface area contributed by atoms with Crippen molar-refractivity contribution in [2.75, 3.05) is 54.0 Å². The Balaban J connectivity index is 1.42. The molecular weight excluding hydrogens is 322 g/mol. The molecule has 1 aromatic carbocycles. The molecule has 0 N–H and O–H groups in total. The van der Waals surface area contributed by atoms with Gasteiger partial charge in [-0.1, -0.05) is 19.1 Å². The predicted molar refractivity (Wildman–Crippen MR) is 108 cm³/mol. The monoisotopic (exact) mass is 351 g/mol. The summed E-state index contributed by atoms with van der Waals surface area (Å²) in [6, 6.07) is 10.8. The molecule has 1 unspecified atom stereocenters. The van der Waals surface area contributed by atoms with Crippen molar-refractivity contribution in [1.29, 1.82) is 0 Å². The van der Waals surface area contributed by atoms with Crippen LogP contribution in [0, 0.1) is 12.8 Å². The number of aryl methyl sites for hydroxylation is 1. The molecule has 138 valence electrons. The van der Waals surface area contributed by atoms with Crippen molar-refractivity contribution in [2.45, 2.75) is 26.7 Å². The molecule has 1 atom stereocenters. The highest BCUT2D eigenvalue weighted by molar-refractivity contribution is 5.51. The Morgan fingerprint density at radius 3 is 2.54 bits per heavy atom. The molecule has 2 aromatic rings.